The topological polar surface area (TPSA) is 105 Å². The van der Waals surface area contributed by atoms with E-state index in [2.05, 4.69) is 5.32 Å². The maximum atomic E-state index is 14.8. The number of sulfonamides is 1. The Morgan fingerprint density at radius 3 is 2.27 bits per heavy atom. The molecule has 0 aliphatic carbocycles. The molecule has 0 bridgehead atoms. The lowest BCUT2D eigenvalue weighted by molar-refractivity contribution is -0.140. The van der Waals surface area contributed by atoms with Gasteiger partial charge in [0.25, 0.3) is 0 Å². The van der Waals surface area contributed by atoms with Gasteiger partial charge in [-0.25, -0.2) is 12.8 Å². The largest absolute Gasteiger partial charge is 0.486 e. The van der Waals surface area contributed by atoms with Crippen LogP contribution in [0.2, 0.25) is 0 Å². The van der Waals surface area contributed by atoms with Crippen molar-refractivity contribution in [3.63, 3.8) is 0 Å². The standard InChI is InChI=1S/C30H34FN3O6S/c1-21(2)32-30(36)26(17-22-9-5-4-6-10-22)33(19-23-11-7-8-12-25(23)31)29(35)20-34(41(3,37)38)24-13-14-27-28(18-24)40-16-15-39-27/h4-14,18,21,26H,15-17,19-20H2,1-3H3,(H,32,36). The summed E-state index contributed by atoms with van der Waals surface area (Å²) in [5.41, 5.74) is 1.18. The zero-order valence-electron chi connectivity index (χ0n) is 23.2. The molecule has 1 aliphatic heterocycles. The van der Waals surface area contributed by atoms with Crippen molar-refractivity contribution in [2.45, 2.75) is 38.9 Å². The lowest BCUT2D eigenvalue weighted by Crippen LogP contribution is -2.54. The minimum atomic E-state index is -3.96. The number of benzene rings is 3. The van der Waals surface area contributed by atoms with Crippen molar-refractivity contribution in [2.24, 2.45) is 0 Å². The molecule has 9 nitrogen and oxygen atoms in total. The fraction of sp³-hybridized carbons (Fsp3) is 0.333. The number of nitrogens with zero attached hydrogens (tertiary/aromatic N) is 2. The van der Waals surface area contributed by atoms with Crippen molar-refractivity contribution in [2.75, 3.05) is 30.3 Å². The molecule has 0 radical (unpaired) electrons. The van der Waals surface area contributed by atoms with Crippen LogP contribution < -0.4 is 19.1 Å². The van der Waals surface area contributed by atoms with Gasteiger partial charge in [-0.15, -0.1) is 0 Å². The number of amides is 2. The van der Waals surface area contributed by atoms with Gasteiger partial charge in [0.05, 0.1) is 11.9 Å². The summed E-state index contributed by atoms with van der Waals surface area (Å²) in [6.07, 6.45) is 1.13. The number of anilines is 1. The van der Waals surface area contributed by atoms with Crippen molar-refractivity contribution in [1.82, 2.24) is 10.2 Å². The zero-order valence-corrected chi connectivity index (χ0v) is 24.1. The Morgan fingerprint density at radius 1 is 0.951 bits per heavy atom. The molecule has 3 aromatic carbocycles. The number of hydrogen-bond acceptors (Lipinski definition) is 6. The predicted molar refractivity (Wildman–Crippen MR) is 154 cm³/mol. The van der Waals surface area contributed by atoms with E-state index in [-0.39, 0.29) is 30.3 Å². The SMILES string of the molecule is CC(C)NC(=O)C(Cc1ccccc1)N(Cc1ccccc1F)C(=O)CN(c1ccc2c(c1)OCCO2)S(C)(=O)=O. The van der Waals surface area contributed by atoms with Gasteiger partial charge in [-0.05, 0) is 37.6 Å². The van der Waals surface area contributed by atoms with Crippen LogP contribution in [0, 0.1) is 5.82 Å². The summed E-state index contributed by atoms with van der Waals surface area (Å²) in [6, 6.07) is 18.5. The Hall–Kier alpha value is -4.12. The van der Waals surface area contributed by atoms with Crippen LogP contribution in [0.4, 0.5) is 10.1 Å². The van der Waals surface area contributed by atoms with Crippen LogP contribution in [0.25, 0.3) is 0 Å². The van der Waals surface area contributed by atoms with Crippen molar-refractivity contribution < 1.29 is 31.9 Å². The first-order valence-electron chi connectivity index (χ1n) is 13.3. The summed E-state index contributed by atoms with van der Waals surface area (Å²) in [6.45, 7) is 3.41. The Bertz CT molecular complexity index is 1480. The lowest BCUT2D eigenvalue weighted by atomic mass is 10.0. The van der Waals surface area contributed by atoms with E-state index >= 15 is 0 Å². The van der Waals surface area contributed by atoms with Crippen LogP contribution >= 0.6 is 0 Å². The maximum absolute atomic E-state index is 14.8. The van der Waals surface area contributed by atoms with Crippen molar-refractivity contribution >= 4 is 27.5 Å². The Labute approximate surface area is 239 Å². The molecular formula is C30H34FN3O6S. The highest BCUT2D eigenvalue weighted by molar-refractivity contribution is 7.92. The second kappa shape index (κ2) is 13.0. The van der Waals surface area contributed by atoms with Crippen LogP contribution in [-0.2, 0) is 32.6 Å². The average molecular weight is 584 g/mol. The molecule has 0 spiro atoms. The van der Waals surface area contributed by atoms with Crippen LogP contribution in [0.5, 0.6) is 11.5 Å². The first kappa shape index (κ1) is 29.9. The molecule has 0 fully saturated rings. The summed E-state index contributed by atoms with van der Waals surface area (Å²) in [5.74, 6) is -0.822. The molecular weight excluding hydrogens is 549 g/mol. The molecule has 3 aromatic rings. The maximum Gasteiger partial charge on any atom is 0.244 e. The fourth-order valence-electron chi connectivity index (χ4n) is 4.55. The molecule has 1 heterocycles. The molecule has 4 rings (SSSR count). The first-order chi connectivity index (χ1) is 19.5. The van der Waals surface area contributed by atoms with E-state index in [0.29, 0.717) is 24.7 Å². The van der Waals surface area contributed by atoms with Gasteiger partial charge in [0.2, 0.25) is 21.8 Å². The van der Waals surface area contributed by atoms with Gasteiger partial charge in [0.1, 0.15) is 31.6 Å². The van der Waals surface area contributed by atoms with Gasteiger partial charge < -0.3 is 19.7 Å². The minimum absolute atomic E-state index is 0.141. The second-order valence-corrected chi connectivity index (χ2v) is 12.0. The van der Waals surface area contributed by atoms with E-state index in [1.807, 2.05) is 30.3 Å². The summed E-state index contributed by atoms with van der Waals surface area (Å²) < 4.78 is 52.8. The van der Waals surface area contributed by atoms with Crippen molar-refractivity contribution in [1.29, 1.82) is 0 Å². The van der Waals surface area contributed by atoms with E-state index in [1.165, 1.54) is 35.2 Å². The number of hydrogen-bond donors (Lipinski definition) is 1. The number of rotatable bonds is 11. The molecule has 0 saturated heterocycles. The summed E-state index contributed by atoms with van der Waals surface area (Å²) >= 11 is 0. The molecule has 0 saturated carbocycles. The average Bonchev–Trinajstić information content (AvgIpc) is 2.93. The van der Waals surface area contributed by atoms with Gasteiger partial charge in [0, 0.05) is 30.6 Å². The van der Waals surface area contributed by atoms with Crippen molar-refractivity contribution in [3.05, 3.63) is 89.7 Å². The van der Waals surface area contributed by atoms with Crippen LogP contribution in [0.15, 0.2) is 72.8 Å². The van der Waals surface area contributed by atoms with Crippen molar-refractivity contribution in [3.8, 4) is 11.5 Å². The number of carbonyl (C=O) groups is 2. The van der Waals surface area contributed by atoms with Gasteiger partial charge in [-0.1, -0.05) is 48.5 Å². The number of ether oxygens (including phenoxy) is 2. The van der Waals surface area contributed by atoms with Gasteiger partial charge in [-0.3, -0.25) is 13.9 Å². The van der Waals surface area contributed by atoms with Gasteiger partial charge in [-0.2, -0.15) is 0 Å². The number of halogens is 1. The Kier molecular flexibility index (Phi) is 9.49. The lowest BCUT2D eigenvalue weighted by Gasteiger charge is -2.34. The van der Waals surface area contributed by atoms with Gasteiger partial charge >= 0.3 is 0 Å². The van der Waals surface area contributed by atoms with E-state index < -0.39 is 40.2 Å². The fourth-order valence-corrected chi connectivity index (χ4v) is 5.39. The third-order valence-electron chi connectivity index (χ3n) is 6.49. The molecule has 1 unspecified atom stereocenters. The molecule has 1 N–H and O–H groups in total. The minimum Gasteiger partial charge on any atom is -0.486 e. The highest BCUT2D eigenvalue weighted by Crippen LogP contribution is 2.34. The summed E-state index contributed by atoms with van der Waals surface area (Å²) in [5, 5.41) is 2.86. The number of carbonyl (C=O) groups excluding carboxylic acids is 2. The second-order valence-electron chi connectivity index (χ2n) is 10.1. The molecule has 41 heavy (non-hydrogen) atoms. The Balaban J connectivity index is 1.74. The number of fused-ring (bicyclic) bond motifs is 1. The highest BCUT2D eigenvalue weighted by atomic mass is 32.2. The third-order valence-corrected chi connectivity index (χ3v) is 7.63. The quantitative estimate of drug-likeness (QED) is 0.370. The number of nitrogens with one attached hydrogen (secondary N) is 1. The third kappa shape index (κ3) is 7.75. The molecule has 1 atom stereocenters. The molecule has 2 amide bonds. The smallest absolute Gasteiger partial charge is 0.244 e. The first-order valence-corrected chi connectivity index (χ1v) is 15.1. The summed E-state index contributed by atoms with van der Waals surface area (Å²) in [7, 11) is -3.96. The summed E-state index contributed by atoms with van der Waals surface area (Å²) in [4.78, 5) is 28.8. The van der Waals surface area contributed by atoms with E-state index in [1.54, 1.807) is 26.0 Å². The molecule has 11 heteroatoms. The van der Waals surface area contributed by atoms with Crippen LogP contribution in [0.3, 0.4) is 0 Å². The van der Waals surface area contributed by atoms with Crippen LogP contribution in [0.1, 0.15) is 25.0 Å². The Morgan fingerprint density at radius 2 is 1.61 bits per heavy atom. The van der Waals surface area contributed by atoms with E-state index in [0.717, 1.165) is 16.1 Å². The normalized spacial score (nSPS) is 13.4. The molecule has 0 aromatic heterocycles. The molecule has 218 valence electrons. The monoisotopic (exact) mass is 583 g/mol. The molecule has 1 aliphatic rings. The highest BCUT2D eigenvalue weighted by Gasteiger charge is 2.34. The van der Waals surface area contributed by atoms with Crippen LogP contribution in [-0.4, -0.2) is 63.2 Å². The van der Waals surface area contributed by atoms with E-state index in [4.69, 9.17) is 9.47 Å². The van der Waals surface area contributed by atoms with Gasteiger partial charge in [0.15, 0.2) is 11.5 Å². The zero-order chi connectivity index (χ0) is 29.6. The van der Waals surface area contributed by atoms with E-state index in [9.17, 15) is 22.4 Å². The predicted octanol–water partition coefficient (Wildman–Crippen LogP) is 3.53.